The molecule has 3 atom stereocenters. The lowest BCUT2D eigenvalue weighted by Crippen LogP contribution is -2.43. The van der Waals surface area contributed by atoms with Crippen molar-refractivity contribution in [1.82, 2.24) is 19.9 Å². The quantitative estimate of drug-likeness (QED) is 0.242. The van der Waals surface area contributed by atoms with E-state index in [0.29, 0.717) is 53.5 Å². The Labute approximate surface area is 270 Å². The molecule has 0 saturated carbocycles. The summed E-state index contributed by atoms with van der Waals surface area (Å²) in [6.45, 7) is 7.70. The molecule has 5 heterocycles. The van der Waals surface area contributed by atoms with Crippen LogP contribution in [-0.2, 0) is 16.0 Å². The van der Waals surface area contributed by atoms with Gasteiger partial charge in [-0.2, -0.15) is 9.97 Å². The third-order valence-corrected chi connectivity index (χ3v) is 10.4. The molecule has 4 aromatic rings. The summed E-state index contributed by atoms with van der Waals surface area (Å²) in [5.74, 6) is -1.82. The highest BCUT2D eigenvalue weighted by Gasteiger charge is 2.50. The number of aromatic hydroxyl groups is 1. The van der Waals surface area contributed by atoms with Gasteiger partial charge in [0.25, 0.3) is 0 Å². The fourth-order valence-electron chi connectivity index (χ4n) is 8.03. The zero-order valence-corrected chi connectivity index (χ0v) is 26.9. The number of ether oxygens (including phenoxy) is 2. The highest BCUT2D eigenvalue weighted by atomic mass is 19.1. The number of carbonyl (C=O) groups is 1. The molecule has 248 valence electrons. The largest absolute Gasteiger partial charge is 0.508 e. The normalized spacial score (nSPS) is 23.9. The number of aryl methyl sites for hydroxylation is 1. The van der Waals surface area contributed by atoms with Crippen LogP contribution >= 0.6 is 0 Å². The van der Waals surface area contributed by atoms with Crippen molar-refractivity contribution in [2.45, 2.75) is 58.2 Å². The predicted octanol–water partition coefficient (Wildman–Crippen LogP) is 5.98. The van der Waals surface area contributed by atoms with Gasteiger partial charge in [0.05, 0.1) is 24.0 Å². The lowest BCUT2D eigenvalue weighted by atomic mass is 9.82. The minimum atomic E-state index is -0.949. The molecular formula is C35H38F3N5O4. The highest BCUT2D eigenvalue weighted by Crippen LogP contribution is 2.44. The van der Waals surface area contributed by atoms with Gasteiger partial charge in [0, 0.05) is 37.8 Å². The highest BCUT2D eigenvalue weighted by molar-refractivity contribution is 6.01. The Morgan fingerprint density at radius 2 is 1.98 bits per heavy atom. The molecular weight excluding hydrogens is 611 g/mol. The molecule has 2 aromatic carbocycles. The third-order valence-electron chi connectivity index (χ3n) is 10.4. The van der Waals surface area contributed by atoms with Gasteiger partial charge in [-0.05, 0) is 65.8 Å². The van der Waals surface area contributed by atoms with Crippen molar-refractivity contribution in [3.05, 3.63) is 47.7 Å². The second kappa shape index (κ2) is 11.5. The maximum Gasteiger partial charge on any atom is 0.319 e. The first-order chi connectivity index (χ1) is 22.4. The zero-order chi connectivity index (χ0) is 33.2. The molecule has 2 aromatic heterocycles. The van der Waals surface area contributed by atoms with Gasteiger partial charge in [-0.25, -0.2) is 13.2 Å². The number of anilines is 1. The first-order valence-electron chi connectivity index (χ1n) is 16.1. The van der Waals surface area contributed by atoms with Crippen molar-refractivity contribution < 1.29 is 32.5 Å². The van der Waals surface area contributed by atoms with Gasteiger partial charge in [-0.15, -0.1) is 0 Å². The molecule has 3 aliphatic rings. The first-order valence-corrected chi connectivity index (χ1v) is 16.1. The number of rotatable bonds is 7. The molecule has 0 bridgehead atoms. The number of methoxy groups -OCH3 is 1. The van der Waals surface area contributed by atoms with Crippen LogP contribution in [-0.4, -0.2) is 82.5 Å². The number of pyridine rings is 1. The molecule has 12 heteroatoms. The molecule has 9 nitrogen and oxygen atoms in total. The Morgan fingerprint density at radius 1 is 1.17 bits per heavy atom. The van der Waals surface area contributed by atoms with E-state index in [9.17, 15) is 18.7 Å². The third kappa shape index (κ3) is 5.21. The number of phenolic OH excluding ortho intramolecular Hbond substituents is 1. The van der Waals surface area contributed by atoms with Crippen LogP contribution in [0.25, 0.3) is 32.9 Å². The van der Waals surface area contributed by atoms with Gasteiger partial charge in [-0.1, -0.05) is 26.8 Å². The Morgan fingerprint density at radius 3 is 2.74 bits per heavy atom. The van der Waals surface area contributed by atoms with Crippen LogP contribution in [0.5, 0.6) is 11.8 Å². The Balaban J connectivity index is 1.38. The van der Waals surface area contributed by atoms with E-state index in [1.54, 1.807) is 13.0 Å². The number of alkyl halides is 1. The average molecular weight is 650 g/mol. The molecule has 1 N–H and O–H groups in total. The Bertz CT molecular complexity index is 1910. The van der Waals surface area contributed by atoms with E-state index in [1.807, 2.05) is 18.7 Å². The summed E-state index contributed by atoms with van der Waals surface area (Å²) in [6.07, 6.45) is 2.91. The van der Waals surface area contributed by atoms with Crippen LogP contribution in [0.15, 0.2) is 30.5 Å². The smallest absolute Gasteiger partial charge is 0.319 e. The number of benzene rings is 2. The average Bonchev–Trinajstić information content (AvgIpc) is 3.68. The minimum Gasteiger partial charge on any atom is -0.508 e. The Kier molecular flexibility index (Phi) is 7.69. The summed E-state index contributed by atoms with van der Waals surface area (Å²) in [7, 11) is 1.35. The number of esters is 1. The van der Waals surface area contributed by atoms with Gasteiger partial charge in [0.15, 0.2) is 5.82 Å². The summed E-state index contributed by atoms with van der Waals surface area (Å²) in [5.41, 5.74) is -0.542. The predicted molar refractivity (Wildman–Crippen MR) is 171 cm³/mol. The monoisotopic (exact) mass is 649 g/mol. The maximum atomic E-state index is 16.9. The summed E-state index contributed by atoms with van der Waals surface area (Å²) in [5, 5.41) is 11.9. The second-order valence-electron chi connectivity index (χ2n) is 13.8. The van der Waals surface area contributed by atoms with Crippen LogP contribution in [0.2, 0.25) is 0 Å². The van der Waals surface area contributed by atoms with E-state index < -0.39 is 34.7 Å². The van der Waals surface area contributed by atoms with E-state index in [-0.39, 0.29) is 47.7 Å². The molecule has 0 amide bonds. The number of nitrogens with zero attached hydrogens (tertiary/aromatic N) is 5. The van der Waals surface area contributed by atoms with Gasteiger partial charge >= 0.3 is 12.0 Å². The lowest BCUT2D eigenvalue weighted by Gasteiger charge is -2.31. The number of hydrogen-bond acceptors (Lipinski definition) is 9. The van der Waals surface area contributed by atoms with Gasteiger partial charge in [0.2, 0.25) is 0 Å². The van der Waals surface area contributed by atoms with Crippen molar-refractivity contribution >= 4 is 33.5 Å². The zero-order valence-electron chi connectivity index (χ0n) is 26.9. The van der Waals surface area contributed by atoms with Crippen molar-refractivity contribution in [1.29, 1.82) is 0 Å². The molecule has 0 spiro atoms. The fraction of sp³-hybridized carbons (Fsp3) is 0.486. The summed E-state index contributed by atoms with van der Waals surface area (Å²) in [4.78, 5) is 30.5. The van der Waals surface area contributed by atoms with Crippen LogP contribution < -0.4 is 9.64 Å². The SMILES string of the molecule is CCc1c(F)ccc2cc(O)cc(-c3ncc4c(N5CC(C(=O)OC)C(C)(C)C5)nc(OC[C@@]56CCCN5C[C@H](F)C6)nc4c3F)c12. The number of fused-ring (bicyclic) bond motifs is 3. The molecule has 0 radical (unpaired) electrons. The second-order valence-corrected chi connectivity index (χ2v) is 13.8. The molecule has 47 heavy (non-hydrogen) atoms. The minimum absolute atomic E-state index is 0.0733. The van der Waals surface area contributed by atoms with Crippen LogP contribution in [0.4, 0.5) is 19.0 Å². The summed E-state index contributed by atoms with van der Waals surface area (Å²) < 4.78 is 57.7. The number of halogens is 3. The van der Waals surface area contributed by atoms with Crippen molar-refractivity contribution in [2.75, 3.05) is 44.8 Å². The van der Waals surface area contributed by atoms with E-state index in [4.69, 9.17) is 14.5 Å². The molecule has 3 saturated heterocycles. The van der Waals surface area contributed by atoms with Crippen molar-refractivity contribution in [3.8, 4) is 23.0 Å². The van der Waals surface area contributed by atoms with Crippen molar-refractivity contribution in [3.63, 3.8) is 0 Å². The number of phenols is 1. The standard InChI is InChI=1S/C35H38F3N5O4/c1-5-22-26(37)8-7-19-11-21(44)12-23(27(19)22)29-28(38)30-24(14-39-29)31(42-16-25(32(45)46-4)34(2,3)17-42)41-33(40-30)47-18-35-9-6-10-43(35)15-20(36)13-35/h7-8,11-12,14,20,25,44H,5-6,9-10,13,15-18H2,1-4H3/t20-,25?,35+/m1/s1. The topological polar surface area (TPSA) is 101 Å². The molecule has 1 unspecified atom stereocenters. The van der Waals surface area contributed by atoms with Gasteiger partial charge in [0.1, 0.15) is 41.4 Å². The van der Waals surface area contributed by atoms with E-state index >= 15 is 4.39 Å². The lowest BCUT2D eigenvalue weighted by molar-refractivity contribution is -0.147. The number of hydrogen-bond donors (Lipinski definition) is 1. The van der Waals surface area contributed by atoms with Crippen molar-refractivity contribution in [2.24, 2.45) is 11.3 Å². The fourth-order valence-corrected chi connectivity index (χ4v) is 8.03. The molecule has 0 aliphatic carbocycles. The molecule has 7 rings (SSSR count). The van der Waals surface area contributed by atoms with Crippen LogP contribution in [0.3, 0.4) is 0 Å². The van der Waals surface area contributed by atoms with Crippen LogP contribution in [0.1, 0.15) is 45.6 Å². The molecule has 3 aliphatic heterocycles. The number of aromatic nitrogens is 3. The van der Waals surface area contributed by atoms with Gasteiger partial charge in [-0.3, -0.25) is 14.7 Å². The summed E-state index contributed by atoms with van der Waals surface area (Å²) >= 11 is 0. The van der Waals surface area contributed by atoms with E-state index in [2.05, 4.69) is 14.9 Å². The van der Waals surface area contributed by atoms with Crippen LogP contribution in [0, 0.1) is 23.0 Å². The summed E-state index contributed by atoms with van der Waals surface area (Å²) in [6, 6.07) is 5.68. The van der Waals surface area contributed by atoms with E-state index in [0.717, 1.165) is 19.4 Å². The Hall–Kier alpha value is -4.19. The van der Waals surface area contributed by atoms with E-state index in [1.165, 1.54) is 31.5 Å². The molecule has 3 fully saturated rings. The maximum absolute atomic E-state index is 16.9. The van der Waals surface area contributed by atoms with Gasteiger partial charge < -0.3 is 19.5 Å². The first kappa shape index (κ1) is 31.4. The number of carbonyl (C=O) groups excluding carboxylic acids is 1.